The number of carbonyl (C=O) groups excluding carboxylic acids is 1. The van der Waals surface area contributed by atoms with Gasteiger partial charge in [-0.1, -0.05) is 0 Å². The van der Waals surface area contributed by atoms with E-state index in [9.17, 15) is 14.9 Å². The molecule has 1 amide bonds. The van der Waals surface area contributed by atoms with Crippen LogP contribution < -0.4 is 10.6 Å². The van der Waals surface area contributed by atoms with Crippen LogP contribution >= 0.6 is 11.8 Å². The highest BCUT2D eigenvalue weighted by Gasteiger charge is 2.20. The van der Waals surface area contributed by atoms with E-state index in [1.807, 2.05) is 27.0 Å². The Labute approximate surface area is 128 Å². The summed E-state index contributed by atoms with van der Waals surface area (Å²) < 4.78 is -0.0886. The fourth-order valence-corrected chi connectivity index (χ4v) is 1.86. The standard InChI is InChI=1S/C14H21N3O3S/c1-5-15-12-7-6-10(17(19)20)8-11(12)13(18)16-9-14(2,3)21-4/h6-8,15H,5,9H2,1-4H3,(H,16,18). The maximum atomic E-state index is 12.3. The van der Waals surface area contributed by atoms with Crippen molar-refractivity contribution in [2.24, 2.45) is 0 Å². The van der Waals surface area contributed by atoms with E-state index in [1.165, 1.54) is 12.1 Å². The third kappa shape index (κ3) is 4.93. The molecule has 0 radical (unpaired) electrons. The van der Waals surface area contributed by atoms with Crippen LogP contribution in [0.5, 0.6) is 0 Å². The smallest absolute Gasteiger partial charge is 0.270 e. The van der Waals surface area contributed by atoms with Gasteiger partial charge in [-0.15, -0.1) is 0 Å². The minimum Gasteiger partial charge on any atom is -0.385 e. The number of amides is 1. The molecule has 0 bridgehead atoms. The number of anilines is 1. The highest BCUT2D eigenvalue weighted by molar-refractivity contribution is 7.99. The second-order valence-electron chi connectivity index (χ2n) is 5.16. The number of hydrogen-bond acceptors (Lipinski definition) is 5. The molecular formula is C14H21N3O3S. The Hall–Kier alpha value is -1.76. The highest BCUT2D eigenvalue weighted by atomic mass is 32.2. The van der Waals surface area contributed by atoms with Gasteiger partial charge < -0.3 is 10.6 Å². The molecule has 0 aliphatic rings. The molecule has 7 heteroatoms. The maximum Gasteiger partial charge on any atom is 0.270 e. The van der Waals surface area contributed by atoms with Gasteiger partial charge in [-0.25, -0.2) is 0 Å². The fraction of sp³-hybridized carbons (Fsp3) is 0.500. The van der Waals surface area contributed by atoms with Crippen LogP contribution in [-0.2, 0) is 0 Å². The normalized spacial score (nSPS) is 11.0. The lowest BCUT2D eigenvalue weighted by atomic mass is 10.1. The zero-order valence-electron chi connectivity index (χ0n) is 12.7. The van der Waals surface area contributed by atoms with Crippen LogP contribution in [0.25, 0.3) is 0 Å². The molecule has 0 unspecified atom stereocenters. The zero-order valence-corrected chi connectivity index (χ0v) is 13.5. The van der Waals surface area contributed by atoms with Gasteiger partial charge in [0.2, 0.25) is 0 Å². The monoisotopic (exact) mass is 311 g/mol. The summed E-state index contributed by atoms with van der Waals surface area (Å²) in [4.78, 5) is 22.7. The van der Waals surface area contributed by atoms with Gasteiger partial charge in [0.05, 0.1) is 10.5 Å². The molecule has 0 aliphatic carbocycles. The third-order valence-electron chi connectivity index (χ3n) is 3.05. The number of nitro benzene ring substituents is 1. The lowest BCUT2D eigenvalue weighted by molar-refractivity contribution is -0.384. The Bertz CT molecular complexity index is 532. The van der Waals surface area contributed by atoms with Crippen molar-refractivity contribution in [3.63, 3.8) is 0 Å². The average Bonchev–Trinajstić information content (AvgIpc) is 2.45. The van der Waals surface area contributed by atoms with Crippen molar-refractivity contribution in [3.05, 3.63) is 33.9 Å². The maximum absolute atomic E-state index is 12.3. The number of thioether (sulfide) groups is 1. The second-order valence-corrected chi connectivity index (χ2v) is 6.68. The number of non-ortho nitro benzene ring substituents is 1. The fourth-order valence-electron chi connectivity index (χ4n) is 1.64. The summed E-state index contributed by atoms with van der Waals surface area (Å²) in [7, 11) is 0. The van der Waals surface area contributed by atoms with Gasteiger partial charge in [0.15, 0.2) is 0 Å². The molecule has 0 saturated heterocycles. The van der Waals surface area contributed by atoms with Crippen LogP contribution in [0.1, 0.15) is 31.1 Å². The van der Waals surface area contributed by atoms with Gasteiger partial charge in [0.25, 0.3) is 11.6 Å². The highest BCUT2D eigenvalue weighted by Crippen LogP contribution is 2.23. The predicted octanol–water partition coefficient (Wildman–Crippen LogP) is 2.90. The Morgan fingerprint density at radius 2 is 2.10 bits per heavy atom. The summed E-state index contributed by atoms with van der Waals surface area (Å²) in [5, 5.41) is 16.7. The van der Waals surface area contributed by atoms with Crippen molar-refractivity contribution in [1.82, 2.24) is 5.32 Å². The summed E-state index contributed by atoms with van der Waals surface area (Å²) in [5.74, 6) is -0.309. The first-order chi connectivity index (χ1) is 9.80. The summed E-state index contributed by atoms with van der Waals surface area (Å²) in [6.07, 6.45) is 1.98. The molecule has 0 atom stereocenters. The lowest BCUT2D eigenvalue weighted by Gasteiger charge is -2.22. The van der Waals surface area contributed by atoms with Crippen LogP contribution in [0.15, 0.2) is 18.2 Å². The van der Waals surface area contributed by atoms with E-state index in [1.54, 1.807) is 17.8 Å². The number of nitrogens with zero attached hydrogens (tertiary/aromatic N) is 1. The van der Waals surface area contributed by atoms with E-state index in [-0.39, 0.29) is 16.3 Å². The van der Waals surface area contributed by atoms with E-state index in [0.717, 1.165) is 0 Å². The number of nitro groups is 1. The Kier molecular flexibility index (Phi) is 6.02. The number of hydrogen-bond donors (Lipinski definition) is 2. The summed E-state index contributed by atoms with van der Waals surface area (Å²) in [5.41, 5.74) is 0.802. The quantitative estimate of drug-likeness (QED) is 0.597. The van der Waals surface area contributed by atoms with Crippen molar-refractivity contribution in [2.45, 2.75) is 25.5 Å². The number of nitrogens with one attached hydrogen (secondary N) is 2. The lowest BCUT2D eigenvalue weighted by Crippen LogP contribution is -2.36. The number of carbonyl (C=O) groups is 1. The van der Waals surface area contributed by atoms with E-state index in [2.05, 4.69) is 10.6 Å². The van der Waals surface area contributed by atoms with E-state index < -0.39 is 4.92 Å². The van der Waals surface area contributed by atoms with Crippen LogP contribution in [0.4, 0.5) is 11.4 Å². The van der Waals surface area contributed by atoms with E-state index in [0.29, 0.717) is 24.3 Å². The third-order valence-corrected chi connectivity index (χ3v) is 4.30. The molecule has 0 aromatic heterocycles. The molecule has 2 N–H and O–H groups in total. The summed E-state index contributed by atoms with van der Waals surface area (Å²) in [6.45, 7) is 7.07. The van der Waals surface area contributed by atoms with Gasteiger partial charge in [-0.05, 0) is 33.1 Å². The van der Waals surface area contributed by atoms with Crippen LogP contribution in [0.3, 0.4) is 0 Å². The van der Waals surface area contributed by atoms with E-state index >= 15 is 0 Å². The first-order valence-electron chi connectivity index (χ1n) is 6.66. The van der Waals surface area contributed by atoms with Crippen molar-refractivity contribution >= 4 is 29.0 Å². The molecule has 1 aromatic rings. The molecule has 0 fully saturated rings. The first kappa shape index (κ1) is 17.3. The van der Waals surface area contributed by atoms with Crippen LogP contribution in [0.2, 0.25) is 0 Å². The average molecular weight is 311 g/mol. The summed E-state index contributed by atoms with van der Waals surface area (Å²) >= 11 is 1.65. The zero-order chi connectivity index (χ0) is 16.0. The Morgan fingerprint density at radius 3 is 2.62 bits per heavy atom. The van der Waals surface area contributed by atoms with Crippen molar-refractivity contribution < 1.29 is 9.72 Å². The van der Waals surface area contributed by atoms with Crippen molar-refractivity contribution in [3.8, 4) is 0 Å². The van der Waals surface area contributed by atoms with Crippen LogP contribution in [0, 0.1) is 10.1 Å². The van der Waals surface area contributed by atoms with E-state index in [4.69, 9.17) is 0 Å². The molecule has 0 aliphatic heterocycles. The van der Waals surface area contributed by atoms with Gasteiger partial charge in [-0.2, -0.15) is 11.8 Å². The molecule has 116 valence electrons. The molecule has 21 heavy (non-hydrogen) atoms. The minimum absolute atomic E-state index is 0.0886. The Morgan fingerprint density at radius 1 is 1.43 bits per heavy atom. The van der Waals surface area contributed by atoms with Gasteiger partial charge in [0.1, 0.15) is 0 Å². The molecular weight excluding hydrogens is 290 g/mol. The molecule has 1 aromatic carbocycles. The van der Waals surface area contributed by atoms with Gasteiger partial charge >= 0.3 is 0 Å². The largest absolute Gasteiger partial charge is 0.385 e. The molecule has 0 spiro atoms. The minimum atomic E-state index is -0.502. The second kappa shape index (κ2) is 7.31. The molecule has 1 rings (SSSR count). The first-order valence-corrected chi connectivity index (χ1v) is 7.89. The molecule has 0 saturated carbocycles. The number of benzene rings is 1. The molecule has 0 heterocycles. The van der Waals surface area contributed by atoms with Crippen molar-refractivity contribution in [2.75, 3.05) is 24.7 Å². The van der Waals surface area contributed by atoms with Gasteiger partial charge in [0, 0.05) is 35.7 Å². The van der Waals surface area contributed by atoms with Gasteiger partial charge in [-0.3, -0.25) is 14.9 Å². The summed E-state index contributed by atoms with van der Waals surface area (Å²) in [6, 6.07) is 4.26. The topological polar surface area (TPSA) is 84.3 Å². The number of rotatable bonds is 7. The van der Waals surface area contributed by atoms with Crippen LogP contribution in [-0.4, -0.2) is 34.9 Å². The Balaban J connectivity index is 2.99. The SMILES string of the molecule is CCNc1ccc([N+](=O)[O-])cc1C(=O)NCC(C)(C)SC. The predicted molar refractivity (Wildman–Crippen MR) is 87.2 cm³/mol. The molecule has 6 nitrogen and oxygen atoms in total. The van der Waals surface area contributed by atoms with Crippen molar-refractivity contribution in [1.29, 1.82) is 0 Å².